The summed E-state index contributed by atoms with van der Waals surface area (Å²) < 4.78 is 5.23. The van der Waals surface area contributed by atoms with Gasteiger partial charge in [0.25, 0.3) is 0 Å². The van der Waals surface area contributed by atoms with E-state index >= 15 is 0 Å². The lowest BCUT2D eigenvalue weighted by molar-refractivity contribution is 0.402. The van der Waals surface area contributed by atoms with E-state index < -0.39 is 0 Å². The van der Waals surface area contributed by atoms with Crippen LogP contribution in [0.4, 0.5) is 0 Å². The minimum Gasteiger partial charge on any atom is -0.496 e. The highest BCUT2D eigenvalue weighted by Gasteiger charge is 2.17. The third kappa shape index (κ3) is 1.79. The molecule has 0 aliphatic carbocycles. The van der Waals surface area contributed by atoms with Crippen molar-refractivity contribution in [1.82, 2.24) is 0 Å². The molecule has 0 amide bonds. The molecule has 0 aliphatic heterocycles. The molecule has 0 aliphatic rings. The second-order valence-corrected chi connectivity index (χ2v) is 3.58. The molecule has 0 saturated heterocycles. The Kier molecular flexibility index (Phi) is 2.41. The molecule has 0 N–H and O–H groups in total. The van der Waals surface area contributed by atoms with Crippen LogP contribution in [0.1, 0.15) is 19.4 Å². The molecule has 12 heavy (non-hydrogen) atoms. The van der Waals surface area contributed by atoms with Crippen molar-refractivity contribution in [2.24, 2.45) is 0 Å². The second kappa shape index (κ2) is 3.18. The van der Waals surface area contributed by atoms with Crippen LogP contribution in [0.15, 0.2) is 24.3 Å². The lowest BCUT2D eigenvalue weighted by atomic mass is 9.86. The summed E-state index contributed by atoms with van der Waals surface area (Å²) in [4.78, 5) is 0. The van der Waals surface area contributed by atoms with Crippen molar-refractivity contribution in [3.05, 3.63) is 36.8 Å². The average molecular weight is 163 g/mol. The summed E-state index contributed by atoms with van der Waals surface area (Å²) in [6, 6.07) is 7.98. The van der Waals surface area contributed by atoms with Gasteiger partial charge in [-0.3, -0.25) is 0 Å². The third-order valence-corrected chi connectivity index (χ3v) is 1.84. The molecule has 1 radical (unpaired) electrons. The number of hydrogen-bond acceptors (Lipinski definition) is 1. The predicted octanol–water partition coefficient (Wildman–Crippen LogP) is 2.81. The van der Waals surface area contributed by atoms with E-state index in [0.29, 0.717) is 0 Å². The molecule has 1 heteroatoms. The fourth-order valence-corrected chi connectivity index (χ4v) is 1.20. The zero-order chi connectivity index (χ0) is 9.19. The van der Waals surface area contributed by atoms with E-state index in [-0.39, 0.29) is 5.41 Å². The molecule has 1 rings (SSSR count). The third-order valence-electron chi connectivity index (χ3n) is 1.84. The lowest BCUT2D eigenvalue weighted by Crippen LogP contribution is -2.12. The first-order valence-electron chi connectivity index (χ1n) is 4.04. The van der Waals surface area contributed by atoms with Crippen molar-refractivity contribution in [3.8, 4) is 5.75 Å². The van der Waals surface area contributed by atoms with Gasteiger partial charge in [-0.2, -0.15) is 0 Å². The maximum Gasteiger partial charge on any atom is 0.122 e. The Hall–Kier alpha value is -0.980. The van der Waals surface area contributed by atoms with Crippen LogP contribution >= 0.6 is 0 Å². The molecule has 0 bridgehead atoms. The fraction of sp³-hybridized carbons (Fsp3) is 0.364. The summed E-state index contributed by atoms with van der Waals surface area (Å²) in [5.74, 6) is 0.914. The lowest BCUT2D eigenvalue weighted by Gasteiger charge is -2.21. The highest BCUT2D eigenvalue weighted by molar-refractivity contribution is 5.39. The SMILES string of the molecule is [CH2]C(C)(C)c1ccccc1OC. The van der Waals surface area contributed by atoms with E-state index in [9.17, 15) is 0 Å². The largest absolute Gasteiger partial charge is 0.496 e. The Labute approximate surface area is 74.4 Å². The quantitative estimate of drug-likeness (QED) is 0.651. The van der Waals surface area contributed by atoms with Gasteiger partial charge in [-0.05, 0) is 24.0 Å². The van der Waals surface area contributed by atoms with E-state index in [1.165, 1.54) is 0 Å². The van der Waals surface area contributed by atoms with Gasteiger partial charge in [-0.25, -0.2) is 0 Å². The number of para-hydroxylation sites is 1. The normalized spacial score (nSPS) is 11.3. The van der Waals surface area contributed by atoms with Crippen molar-refractivity contribution in [2.45, 2.75) is 19.3 Å². The Morgan fingerprint density at radius 3 is 2.25 bits per heavy atom. The molecular weight excluding hydrogens is 148 g/mol. The minimum atomic E-state index is -0.0907. The number of benzene rings is 1. The van der Waals surface area contributed by atoms with Crippen LogP contribution in [0.25, 0.3) is 0 Å². The highest BCUT2D eigenvalue weighted by atomic mass is 16.5. The van der Waals surface area contributed by atoms with E-state index in [0.717, 1.165) is 11.3 Å². The van der Waals surface area contributed by atoms with Gasteiger partial charge >= 0.3 is 0 Å². The van der Waals surface area contributed by atoms with E-state index in [1.807, 2.05) is 24.3 Å². The molecule has 1 nitrogen and oxygen atoms in total. The molecule has 0 heterocycles. The molecule has 65 valence electrons. The first-order valence-corrected chi connectivity index (χ1v) is 4.04. The van der Waals surface area contributed by atoms with Gasteiger partial charge in [0.05, 0.1) is 7.11 Å². The molecule has 0 saturated carbocycles. The molecule has 1 aromatic carbocycles. The van der Waals surface area contributed by atoms with Crippen LogP contribution in [-0.2, 0) is 5.41 Å². The number of methoxy groups -OCH3 is 1. The smallest absolute Gasteiger partial charge is 0.122 e. The fourth-order valence-electron chi connectivity index (χ4n) is 1.20. The van der Waals surface area contributed by atoms with Crippen LogP contribution in [0.2, 0.25) is 0 Å². The van der Waals surface area contributed by atoms with Crippen LogP contribution in [-0.4, -0.2) is 7.11 Å². The van der Waals surface area contributed by atoms with Crippen molar-refractivity contribution >= 4 is 0 Å². The van der Waals surface area contributed by atoms with E-state index in [4.69, 9.17) is 4.74 Å². The maximum absolute atomic E-state index is 5.23. The minimum absolute atomic E-state index is 0.0907. The molecule has 0 spiro atoms. The summed E-state index contributed by atoms with van der Waals surface area (Å²) in [6.45, 7) is 8.22. The van der Waals surface area contributed by atoms with Crippen molar-refractivity contribution in [3.63, 3.8) is 0 Å². The first kappa shape index (κ1) is 9.11. The standard InChI is InChI=1S/C11H15O/c1-11(2,3)9-7-5-6-8-10(9)12-4/h5-8H,1H2,2-4H3. The van der Waals surface area contributed by atoms with Gasteiger partial charge in [0.2, 0.25) is 0 Å². The Morgan fingerprint density at radius 2 is 1.83 bits per heavy atom. The van der Waals surface area contributed by atoms with Crippen molar-refractivity contribution in [1.29, 1.82) is 0 Å². The van der Waals surface area contributed by atoms with E-state index in [2.05, 4.69) is 20.8 Å². The first-order chi connectivity index (χ1) is 5.55. The molecule has 0 aromatic heterocycles. The summed E-state index contributed by atoms with van der Waals surface area (Å²) >= 11 is 0. The van der Waals surface area contributed by atoms with Crippen LogP contribution in [0, 0.1) is 6.92 Å². The molecule has 0 unspecified atom stereocenters. The number of rotatable bonds is 2. The predicted molar refractivity (Wildman–Crippen MR) is 51.4 cm³/mol. The van der Waals surface area contributed by atoms with Gasteiger partial charge in [-0.1, -0.05) is 32.0 Å². The van der Waals surface area contributed by atoms with Crippen LogP contribution in [0.5, 0.6) is 5.75 Å². The molecule has 1 aromatic rings. The van der Waals surface area contributed by atoms with Gasteiger partial charge in [0.1, 0.15) is 5.75 Å². The van der Waals surface area contributed by atoms with Gasteiger partial charge in [0.15, 0.2) is 0 Å². The Morgan fingerprint density at radius 1 is 1.25 bits per heavy atom. The molecule has 0 fully saturated rings. The van der Waals surface area contributed by atoms with Gasteiger partial charge in [-0.15, -0.1) is 0 Å². The second-order valence-electron chi connectivity index (χ2n) is 3.58. The summed E-state index contributed by atoms with van der Waals surface area (Å²) in [6.07, 6.45) is 0. The van der Waals surface area contributed by atoms with Crippen LogP contribution in [0.3, 0.4) is 0 Å². The average Bonchev–Trinajstić information content (AvgIpc) is 2.03. The zero-order valence-corrected chi connectivity index (χ0v) is 7.92. The number of ether oxygens (including phenoxy) is 1. The van der Waals surface area contributed by atoms with Gasteiger partial charge < -0.3 is 4.74 Å². The van der Waals surface area contributed by atoms with E-state index in [1.54, 1.807) is 7.11 Å². The zero-order valence-electron chi connectivity index (χ0n) is 7.92. The maximum atomic E-state index is 5.23. The summed E-state index contributed by atoms with van der Waals surface area (Å²) in [7, 11) is 1.69. The summed E-state index contributed by atoms with van der Waals surface area (Å²) in [5, 5.41) is 0. The monoisotopic (exact) mass is 163 g/mol. The van der Waals surface area contributed by atoms with Crippen molar-refractivity contribution in [2.75, 3.05) is 7.11 Å². The molecular formula is C11H15O. The van der Waals surface area contributed by atoms with Crippen LogP contribution < -0.4 is 4.74 Å². The topological polar surface area (TPSA) is 9.23 Å². The summed E-state index contributed by atoms with van der Waals surface area (Å²) in [5.41, 5.74) is 1.06. The highest BCUT2D eigenvalue weighted by Crippen LogP contribution is 2.29. The Balaban J connectivity index is 3.14. The molecule has 0 atom stereocenters. The number of hydrogen-bond donors (Lipinski definition) is 0. The van der Waals surface area contributed by atoms with Gasteiger partial charge in [0, 0.05) is 0 Å². The van der Waals surface area contributed by atoms with Crippen molar-refractivity contribution < 1.29 is 4.74 Å². The Bertz CT molecular complexity index is 258.